The van der Waals surface area contributed by atoms with Crippen molar-refractivity contribution >= 4 is 23.1 Å². The van der Waals surface area contributed by atoms with Gasteiger partial charge in [-0.15, -0.1) is 0 Å². The zero-order valence-corrected chi connectivity index (χ0v) is 14.4. The molecule has 3 rings (SSSR count). The van der Waals surface area contributed by atoms with Crippen molar-refractivity contribution in [3.63, 3.8) is 0 Å². The minimum absolute atomic E-state index is 0.192. The van der Waals surface area contributed by atoms with Gasteiger partial charge >= 0.3 is 6.18 Å². The van der Waals surface area contributed by atoms with Crippen molar-refractivity contribution in [1.29, 1.82) is 0 Å². The summed E-state index contributed by atoms with van der Waals surface area (Å²) < 4.78 is 53.8. The molecule has 3 aromatic rings. The van der Waals surface area contributed by atoms with Crippen LogP contribution in [0.4, 0.5) is 13.2 Å². The lowest BCUT2D eigenvalue weighted by Crippen LogP contribution is -2.26. The molecule has 25 heavy (non-hydrogen) atoms. The highest BCUT2D eigenvalue weighted by molar-refractivity contribution is 7.85. The Balaban J connectivity index is 2.31. The molecule has 128 valence electrons. The van der Waals surface area contributed by atoms with Crippen LogP contribution in [0, 0.1) is 6.92 Å². The first kappa shape index (κ1) is 17.5. The number of aryl methyl sites for hydroxylation is 1. The standard InChI is InChI=1S/C20H16F3OP/c1-15-12-16(20(21,22)23)14-19(13-15)25(24,17-8-4-2-5-9-17)18-10-6-3-7-11-18/h2-14H,1H3. The highest BCUT2D eigenvalue weighted by Crippen LogP contribution is 2.43. The van der Waals surface area contributed by atoms with Crippen molar-refractivity contribution in [2.24, 2.45) is 0 Å². The molecule has 0 bridgehead atoms. The predicted octanol–water partition coefficient (Wildman–Crippen LogP) is 4.65. The number of alkyl halides is 3. The van der Waals surface area contributed by atoms with Crippen LogP contribution in [-0.2, 0) is 10.7 Å². The Hall–Kier alpha value is -2.32. The van der Waals surface area contributed by atoms with Gasteiger partial charge in [0.15, 0.2) is 7.14 Å². The summed E-state index contributed by atoms with van der Waals surface area (Å²) in [7, 11) is -3.40. The summed E-state index contributed by atoms with van der Waals surface area (Å²) in [4.78, 5) is 0. The lowest BCUT2D eigenvalue weighted by molar-refractivity contribution is -0.137. The van der Waals surface area contributed by atoms with Gasteiger partial charge in [0.1, 0.15) is 0 Å². The molecular weight excluding hydrogens is 344 g/mol. The lowest BCUT2D eigenvalue weighted by atomic mass is 10.1. The molecule has 0 amide bonds. The monoisotopic (exact) mass is 360 g/mol. The molecule has 0 aromatic heterocycles. The first-order valence-electron chi connectivity index (χ1n) is 7.72. The van der Waals surface area contributed by atoms with Crippen LogP contribution < -0.4 is 15.9 Å². The zero-order chi connectivity index (χ0) is 18.1. The van der Waals surface area contributed by atoms with Gasteiger partial charge in [-0.05, 0) is 30.7 Å². The van der Waals surface area contributed by atoms with E-state index in [0.717, 1.165) is 12.1 Å². The van der Waals surface area contributed by atoms with Gasteiger partial charge < -0.3 is 4.57 Å². The van der Waals surface area contributed by atoms with Crippen molar-refractivity contribution in [2.75, 3.05) is 0 Å². The van der Waals surface area contributed by atoms with E-state index in [1.54, 1.807) is 73.7 Å². The molecule has 0 heterocycles. The maximum atomic E-state index is 14.1. The molecule has 0 fully saturated rings. The van der Waals surface area contributed by atoms with Crippen LogP contribution in [0.3, 0.4) is 0 Å². The maximum Gasteiger partial charge on any atom is 0.416 e. The molecule has 0 N–H and O–H groups in total. The molecule has 5 heteroatoms. The van der Waals surface area contributed by atoms with E-state index in [4.69, 9.17) is 0 Å². The fourth-order valence-corrected chi connectivity index (χ4v) is 5.62. The molecule has 0 aliphatic heterocycles. The summed E-state index contributed by atoms with van der Waals surface area (Å²) in [6.45, 7) is 1.58. The number of hydrogen-bond donors (Lipinski definition) is 0. The minimum Gasteiger partial charge on any atom is -0.309 e. The zero-order valence-electron chi connectivity index (χ0n) is 13.5. The third kappa shape index (κ3) is 3.40. The van der Waals surface area contributed by atoms with E-state index in [9.17, 15) is 17.7 Å². The summed E-state index contributed by atoms with van der Waals surface area (Å²) in [5.41, 5.74) is -0.355. The highest BCUT2D eigenvalue weighted by atomic mass is 31.2. The van der Waals surface area contributed by atoms with Gasteiger partial charge in [0.25, 0.3) is 0 Å². The molecule has 1 nitrogen and oxygen atoms in total. The highest BCUT2D eigenvalue weighted by Gasteiger charge is 2.35. The van der Waals surface area contributed by atoms with Crippen LogP contribution >= 0.6 is 7.14 Å². The first-order valence-corrected chi connectivity index (χ1v) is 9.43. The third-order valence-corrected chi connectivity index (χ3v) is 7.03. The Morgan fingerprint density at radius 3 is 1.64 bits per heavy atom. The normalized spacial score (nSPS) is 12.2. The molecule has 0 saturated heterocycles. The average molecular weight is 360 g/mol. The maximum absolute atomic E-state index is 14.1. The van der Waals surface area contributed by atoms with Crippen LogP contribution in [0.15, 0.2) is 78.9 Å². The first-order chi connectivity index (χ1) is 11.8. The van der Waals surface area contributed by atoms with E-state index in [0.29, 0.717) is 16.2 Å². The van der Waals surface area contributed by atoms with Gasteiger partial charge in [-0.25, -0.2) is 0 Å². The van der Waals surface area contributed by atoms with Crippen LogP contribution in [-0.4, -0.2) is 0 Å². The van der Waals surface area contributed by atoms with Crippen molar-refractivity contribution < 1.29 is 17.7 Å². The van der Waals surface area contributed by atoms with Crippen LogP contribution in [0.1, 0.15) is 11.1 Å². The van der Waals surface area contributed by atoms with Gasteiger partial charge in [0.2, 0.25) is 0 Å². The summed E-state index contributed by atoms with van der Waals surface area (Å²) in [6, 6.07) is 21.0. The van der Waals surface area contributed by atoms with Gasteiger partial charge in [-0.3, -0.25) is 0 Å². The van der Waals surface area contributed by atoms with Crippen molar-refractivity contribution in [2.45, 2.75) is 13.1 Å². The predicted molar refractivity (Wildman–Crippen MR) is 95.6 cm³/mol. The number of benzene rings is 3. The van der Waals surface area contributed by atoms with Crippen LogP contribution in [0.25, 0.3) is 0 Å². The Kier molecular flexibility index (Phi) is 4.57. The molecule has 0 unspecified atom stereocenters. The average Bonchev–Trinajstić information content (AvgIpc) is 2.61. The van der Waals surface area contributed by atoms with Gasteiger partial charge in [-0.1, -0.05) is 60.7 Å². The SMILES string of the molecule is Cc1cc(C(F)(F)F)cc(P(=O)(c2ccccc2)c2ccccc2)c1. The van der Waals surface area contributed by atoms with Crippen molar-refractivity contribution in [3.05, 3.63) is 90.0 Å². The van der Waals surface area contributed by atoms with E-state index < -0.39 is 18.9 Å². The second-order valence-electron chi connectivity index (χ2n) is 5.84. The van der Waals surface area contributed by atoms with Crippen LogP contribution in [0.5, 0.6) is 0 Å². The summed E-state index contributed by atoms with van der Waals surface area (Å²) in [5, 5.41) is 1.22. The fourth-order valence-electron chi connectivity index (χ4n) is 2.83. The molecule has 0 aliphatic rings. The van der Waals surface area contributed by atoms with Gasteiger partial charge in [0, 0.05) is 15.9 Å². The Bertz CT molecular complexity index is 875. The van der Waals surface area contributed by atoms with E-state index in [-0.39, 0.29) is 5.30 Å². The minimum atomic E-state index is -4.49. The largest absolute Gasteiger partial charge is 0.416 e. The summed E-state index contributed by atoms with van der Waals surface area (Å²) in [6.07, 6.45) is -4.49. The summed E-state index contributed by atoms with van der Waals surface area (Å²) in [5.74, 6) is 0. The number of rotatable bonds is 3. The fraction of sp³-hybridized carbons (Fsp3) is 0.100. The van der Waals surface area contributed by atoms with Crippen LogP contribution in [0.2, 0.25) is 0 Å². The second-order valence-corrected chi connectivity index (χ2v) is 8.60. The molecule has 0 aliphatic carbocycles. The molecule has 3 aromatic carbocycles. The quantitative estimate of drug-likeness (QED) is 0.621. The summed E-state index contributed by atoms with van der Waals surface area (Å²) >= 11 is 0. The molecule has 0 saturated carbocycles. The smallest absolute Gasteiger partial charge is 0.309 e. The number of halogens is 3. The Labute approximate surface area is 144 Å². The van der Waals surface area contributed by atoms with Gasteiger partial charge in [-0.2, -0.15) is 13.2 Å². The second kappa shape index (κ2) is 6.53. The molecule has 0 spiro atoms. The molecule has 0 atom stereocenters. The van der Waals surface area contributed by atoms with E-state index in [1.807, 2.05) is 0 Å². The van der Waals surface area contributed by atoms with Crippen molar-refractivity contribution in [1.82, 2.24) is 0 Å². The molecule has 0 radical (unpaired) electrons. The lowest BCUT2D eigenvalue weighted by Gasteiger charge is -2.21. The van der Waals surface area contributed by atoms with E-state index in [1.165, 1.54) is 0 Å². The van der Waals surface area contributed by atoms with Crippen molar-refractivity contribution in [3.8, 4) is 0 Å². The number of hydrogen-bond acceptors (Lipinski definition) is 1. The van der Waals surface area contributed by atoms with E-state index in [2.05, 4.69) is 0 Å². The van der Waals surface area contributed by atoms with E-state index >= 15 is 0 Å². The topological polar surface area (TPSA) is 17.1 Å². The third-order valence-electron chi connectivity index (χ3n) is 3.99. The molecular formula is C20H16F3OP. The Morgan fingerprint density at radius 2 is 1.20 bits per heavy atom. The van der Waals surface area contributed by atoms with Gasteiger partial charge in [0.05, 0.1) is 5.56 Å². The Morgan fingerprint density at radius 1 is 0.720 bits per heavy atom.